The molecule has 100 valence electrons. The van der Waals surface area contributed by atoms with Crippen LogP contribution in [0.15, 0.2) is 6.07 Å². The summed E-state index contributed by atoms with van der Waals surface area (Å²) in [4.78, 5) is 0. The van der Waals surface area contributed by atoms with Crippen molar-refractivity contribution in [3.05, 3.63) is 28.0 Å². The van der Waals surface area contributed by atoms with Crippen molar-refractivity contribution in [2.75, 3.05) is 20.2 Å². The van der Waals surface area contributed by atoms with Gasteiger partial charge in [0.05, 0.1) is 12.1 Å². The van der Waals surface area contributed by atoms with Crippen LogP contribution in [0.25, 0.3) is 0 Å². The van der Waals surface area contributed by atoms with Gasteiger partial charge in [0, 0.05) is 5.56 Å². The lowest BCUT2D eigenvalue weighted by Gasteiger charge is -2.24. The van der Waals surface area contributed by atoms with Crippen LogP contribution in [0, 0.1) is 18.7 Å². The van der Waals surface area contributed by atoms with Gasteiger partial charge in [-0.15, -0.1) is 0 Å². The highest BCUT2D eigenvalue weighted by Crippen LogP contribution is 2.35. The lowest BCUT2D eigenvalue weighted by molar-refractivity contribution is 0.362. The molecule has 1 aliphatic rings. The Labute approximate surface area is 112 Å². The van der Waals surface area contributed by atoms with Gasteiger partial charge in [-0.3, -0.25) is 0 Å². The smallest absolute Gasteiger partial charge is 0.141 e. The summed E-state index contributed by atoms with van der Waals surface area (Å²) >= 11 is 6.04. The zero-order valence-corrected chi connectivity index (χ0v) is 11.6. The van der Waals surface area contributed by atoms with E-state index in [0.717, 1.165) is 25.1 Å². The Morgan fingerprint density at radius 3 is 2.94 bits per heavy atom. The summed E-state index contributed by atoms with van der Waals surface area (Å²) in [5, 5.41) is 3.73. The van der Waals surface area contributed by atoms with Gasteiger partial charge in [-0.25, -0.2) is 4.39 Å². The molecule has 4 heteroatoms. The molecule has 1 unspecified atom stereocenters. The number of piperidine rings is 1. The lowest BCUT2D eigenvalue weighted by Crippen LogP contribution is -2.31. The minimum Gasteiger partial charge on any atom is -0.495 e. The van der Waals surface area contributed by atoms with Gasteiger partial charge in [0.15, 0.2) is 0 Å². The first-order valence-corrected chi connectivity index (χ1v) is 6.73. The van der Waals surface area contributed by atoms with Gasteiger partial charge in [-0.05, 0) is 56.8 Å². The van der Waals surface area contributed by atoms with E-state index >= 15 is 0 Å². The Balaban J connectivity index is 2.29. The maximum absolute atomic E-state index is 13.8. The van der Waals surface area contributed by atoms with E-state index < -0.39 is 0 Å². The number of methoxy groups -OCH3 is 1. The van der Waals surface area contributed by atoms with Gasteiger partial charge in [0.25, 0.3) is 0 Å². The monoisotopic (exact) mass is 271 g/mol. The molecular formula is C14H19ClFNO. The molecular weight excluding hydrogens is 253 g/mol. The highest BCUT2D eigenvalue weighted by atomic mass is 35.5. The molecule has 0 aromatic heterocycles. The van der Waals surface area contributed by atoms with E-state index in [9.17, 15) is 4.39 Å². The summed E-state index contributed by atoms with van der Waals surface area (Å²) in [7, 11) is 1.58. The molecule has 1 heterocycles. The zero-order valence-electron chi connectivity index (χ0n) is 10.9. The predicted molar refractivity (Wildman–Crippen MR) is 72.0 cm³/mol. The summed E-state index contributed by atoms with van der Waals surface area (Å²) in [6.07, 6.45) is 3.16. The van der Waals surface area contributed by atoms with Crippen LogP contribution in [0.2, 0.25) is 5.02 Å². The number of hydrogen-bond donors (Lipinski definition) is 1. The fourth-order valence-electron chi connectivity index (χ4n) is 2.60. The van der Waals surface area contributed by atoms with Crippen LogP contribution < -0.4 is 10.1 Å². The van der Waals surface area contributed by atoms with Crippen molar-refractivity contribution in [3.8, 4) is 5.75 Å². The van der Waals surface area contributed by atoms with E-state index in [0.29, 0.717) is 22.3 Å². The Morgan fingerprint density at radius 2 is 2.33 bits per heavy atom. The maximum atomic E-state index is 13.8. The van der Waals surface area contributed by atoms with Gasteiger partial charge >= 0.3 is 0 Å². The van der Waals surface area contributed by atoms with E-state index in [4.69, 9.17) is 16.3 Å². The van der Waals surface area contributed by atoms with Crippen LogP contribution in [0.1, 0.15) is 24.0 Å². The van der Waals surface area contributed by atoms with E-state index in [1.165, 1.54) is 18.9 Å². The van der Waals surface area contributed by atoms with Crippen molar-refractivity contribution in [1.29, 1.82) is 0 Å². The van der Waals surface area contributed by atoms with Crippen LogP contribution in [-0.4, -0.2) is 20.2 Å². The molecule has 0 radical (unpaired) electrons. The van der Waals surface area contributed by atoms with Gasteiger partial charge < -0.3 is 10.1 Å². The standard InChI is InChI=1S/C14H19ClFNO/c1-9-11(6-10-4-3-5-17-8-10)14(18-2)12(15)7-13(9)16/h7,10,17H,3-6,8H2,1-2H3. The highest BCUT2D eigenvalue weighted by Gasteiger charge is 2.20. The van der Waals surface area contributed by atoms with Crippen molar-refractivity contribution in [1.82, 2.24) is 5.32 Å². The third kappa shape index (κ3) is 2.78. The summed E-state index contributed by atoms with van der Waals surface area (Å²) in [5.74, 6) is 0.907. The van der Waals surface area contributed by atoms with Crippen LogP contribution in [0.5, 0.6) is 5.75 Å². The van der Waals surface area contributed by atoms with Crippen LogP contribution >= 0.6 is 11.6 Å². The number of hydrogen-bond acceptors (Lipinski definition) is 2. The molecule has 0 aliphatic carbocycles. The molecule has 18 heavy (non-hydrogen) atoms. The molecule has 1 fully saturated rings. The Bertz CT molecular complexity index is 430. The molecule has 0 spiro atoms. The van der Waals surface area contributed by atoms with Crippen molar-refractivity contribution in [3.63, 3.8) is 0 Å². The molecule has 1 aromatic rings. The maximum Gasteiger partial charge on any atom is 0.141 e. The van der Waals surface area contributed by atoms with Crippen LogP contribution in [-0.2, 0) is 6.42 Å². The number of ether oxygens (including phenoxy) is 1. The lowest BCUT2D eigenvalue weighted by atomic mass is 9.90. The second-order valence-corrected chi connectivity index (χ2v) is 5.30. The van der Waals surface area contributed by atoms with E-state index in [-0.39, 0.29) is 5.82 Å². The fourth-order valence-corrected chi connectivity index (χ4v) is 2.88. The Morgan fingerprint density at radius 1 is 1.56 bits per heavy atom. The fraction of sp³-hybridized carbons (Fsp3) is 0.571. The number of nitrogens with one attached hydrogen (secondary N) is 1. The first-order chi connectivity index (χ1) is 8.63. The quantitative estimate of drug-likeness (QED) is 0.910. The summed E-state index contributed by atoms with van der Waals surface area (Å²) in [6.45, 7) is 3.85. The minimum absolute atomic E-state index is 0.250. The summed E-state index contributed by atoms with van der Waals surface area (Å²) in [5.41, 5.74) is 1.57. The average Bonchev–Trinajstić information content (AvgIpc) is 2.37. The number of benzene rings is 1. The Hall–Kier alpha value is -0.800. The first-order valence-electron chi connectivity index (χ1n) is 6.35. The average molecular weight is 272 g/mol. The van der Waals surface area contributed by atoms with Crippen molar-refractivity contribution in [2.24, 2.45) is 5.92 Å². The molecule has 0 bridgehead atoms. The molecule has 1 N–H and O–H groups in total. The summed E-state index contributed by atoms with van der Waals surface area (Å²) < 4.78 is 19.1. The predicted octanol–water partition coefficient (Wildman–Crippen LogP) is 3.34. The first kappa shape index (κ1) is 13.6. The molecule has 1 atom stereocenters. The zero-order chi connectivity index (χ0) is 13.1. The largest absolute Gasteiger partial charge is 0.495 e. The van der Waals surface area contributed by atoms with Gasteiger partial charge in [0.2, 0.25) is 0 Å². The molecule has 1 aliphatic heterocycles. The third-order valence-corrected chi connectivity index (χ3v) is 3.93. The van der Waals surface area contributed by atoms with Gasteiger partial charge in [-0.2, -0.15) is 0 Å². The van der Waals surface area contributed by atoms with Crippen LogP contribution in [0.4, 0.5) is 4.39 Å². The van der Waals surface area contributed by atoms with Crippen LogP contribution in [0.3, 0.4) is 0 Å². The Kier molecular flexibility index (Phi) is 4.46. The van der Waals surface area contributed by atoms with Crippen molar-refractivity contribution >= 4 is 11.6 Å². The molecule has 2 rings (SSSR count). The topological polar surface area (TPSA) is 21.3 Å². The SMILES string of the molecule is COc1c(Cl)cc(F)c(C)c1CC1CCCNC1. The molecule has 2 nitrogen and oxygen atoms in total. The molecule has 0 amide bonds. The van der Waals surface area contributed by atoms with E-state index in [2.05, 4.69) is 5.32 Å². The highest BCUT2D eigenvalue weighted by molar-refractivity contribution is 6.32. The second-order valence-electron chi connectivity index (χ2n) is 4.89. The number of rotatable bonds is 3. The van der Waals surface area contributed by atoms with Crippen molar-refractivity contribution < 1.29 is 9.13 Å². The minimum atomic E-state index is -0.250. The summed E-state index contributed by atoms with van der Waals surface area (Å²) in [6, 6.07) is 1.33. The van der Waals surface area contributed by atoms with E-state index in [1.807, 2.05) is 0 Å². The van der Waals surface area contributed by atoms with E-state index in [1.54, 1.807) is 14.0 Å². The molecule has 1 aromatic carbocycles. The normalized spacial score (nSPS) is 19.9. The van der Waals surface area contributed by atoms with Gasteiger partial charge in [-0.1, -0.05) is 11.6 Å². The van der Waals surface area contributed by atoms with Gasteiger partial charge in [0.1, 0.15) is 11.6 Å². The molecule has 0 saturated carbocycles. The number of halogens is 2. The second kappa shape index (κ2) is 5.89. The molecule has 1 saturated heterocycles. The third-order valence-electron chi connectivity index (χ3n) is 3.65. The van der Waals surface area contributed by atoms with Crippen molar-refractivity contribution in [2.45, 2.75) is 26.2 Å².